The Labute approximate surface area is 117 Å². The number of amides is 1. The number of rotatable bonds is 5. The number of carbonyl (C=O) groups is 2. The van der Waals surface area contributed by atoms with Gasteiger partial charge in [-0.15, -0.1) is 0 Å². The first-order valence-corrected chi connectivity index (χ1v) is 6.77. The Kier molecular flexibility index (Phi) is 4.74. The van der Waals surface area contributed by atoms with Crippen molar-refractivity contribution in [3.8, 4) is 0 Å². The van der Waals surface area contributed by atoms with Gasteiger partial charge in [-0.2, -0.15) is 0 Å². The molecule has 5 heteroatoms. The van der Waals surface area contributed by atoms with E-state index in [1.54, 1.807) is 19.2 Å². The van der Waals surface area contributed by atoms with Gasteiger partial charge < -0.3 is 15.2 Å². The highest BCUT2D eigenvalue weighted by atomic mass is 16.5. The van der Waals surface area contributed by atoms with Gasteiger partial charge in [0.05, 0.1) is 12.2 Å². The Morgan fingerprint density at radius 2 is 2.00 bits per heavy atom. The van der Waals surface area contributed by atoms with Crippen LogP contribution in [0, 0.1) is 5.92 Å². The molecule has 0 atom stereocenters. The van der Waals surface area contributed by atoms with Crippen molar-refractivity contribution in [3.63, 3.8) is 0 Å². The van der Waals surface area contributed by atoms with E-state index >= 15 is 0 Å². The zero-order valence-corrected chi connectivity index (χ0v) is 11.5. The summed E-state index contributed by atoms with van der Waals surface area (Å²) in [5, 5.41) is 11.9. The van der Waals surface area contributed by atoms with E-state index in [0.29, 0.717) is 12.3 Å². The predicted molar refractivity (Wildman–Crippen MR) is 74.7 cm³/mol. The number of methoxy groups -OCH3 is 1. The van der Waals surface area contributed by atoms with Crippen molar-refractivity contribution in [2.24, 2.45) is 5.92 Å². The van der Waals surface area contributed by atoms with Crippen molar-refractivity contribution < 1.29 is 19.4 Å². The number of aromatic carboxylic acids is 1. The highest BCUT2D eigenvalue weighted by Crippen LogP contribution is 2.26. The molecule has 0 heterocycles. The number of hydrogen-bond donors (Lipinski definition) is 2. The van der Waals surface area contributed by atoms with Crippen LogP contribution >= 0.6 is 0 Å². The smallest absolute Gasteiger partial charge is 0.335 e. The molecule has 1 aromatic carbocycles. The zero-order chi connectivity index (χ0) is 14.5. The second-order valence-corrected chi connectivity index (χ2v) is 5.13. The molecule has 0 unspecified atom stereocenters. The van der Waals surface area contributed by atoms with Crippen LogP contribution in [-0.2, 0) is 16.1 Å². The molecule has 0 spiro atoms. The van der Waals surface area contributed by atoms with E-state index in [-0.39, 0.29) is 17.4 Å². The van der Waals surface area contributed by atoms with E-state index in [0.717, 1.165) is 31.2 Å². The number of hydrogen-bond acceptors (Lipinski definition) is 3. The highest BCUT2D eigenvalue weighted by Gasteiger charge is 2.22. The molecule has 0 saturated heterocycles. The average molecular weight is 277 g/mol. The monoisotopic (exact) mass is 277 g/mol. The van der Waals surface area contributed by atoms with Crippen LogP contribution < -0.4 is 5.32 Å². The molecule has 0 radical (unpaired) electrons. The summed E-state index contributed by atoms with van der Waals surface area (Å²) in [6, 6.07) is 4.79. The maximum Gasteiger partial charge on any atom is 0.335 e. The third-order valence-electron chi connectivity index (χ3n) is 3.54. The summed E-state index contributed by atoms with van der Waals surface area (Å²) in [5.74, 6) is -0.984. The fourth-order valence-electron chi connectivity index (χ4n) is 2.57. The molecule has 1 aliphatic carbocycles. The summed E-state index contributed by atoms with van der Waals surface area (Å²) in [5.41, 5.74) is 1.41. The summed E-state index contributed by atoms with van der Waals surface area (Å²) in [6.45, 7) is 0.313. The number of benzene rings is 1. The van der Waals surface area contributed by atoms with E-state index in [4.69, 9.17) is 9.84 Å². The molecule has 1 amide bonds. The fraction of sp³-hybridized carbons (Fsp3) is 0.467. The van der Waals surface area contributed by atoms with Gasteiger partial charge in [-0.1, -0.05) is 12.8 Å². The number of nitrogens with one attached hydrogen (secondary N) is 1. The zero-order valence-electron chi connectivity index (χ0n) is 11.5. The van der Waals surface area contributed by atoms with Crippen LogP contribution in [0.25, 0.3) is 0 Å². The third-order valence-corrected chi connectivity index (χ3v) is 3.54. The minimum absolute atomic E-state index is 0.0200. The van der Waals surface area contributed by atoms with Crippen molar-refractivity contribution in [2.75, 3.05) is 12.4 Å². The first-order valence-electron chi connectivity index (χ1n) is 6.77. The van der Waals surface area contributed by atoms with Crippen molar-refractivity contribution in [2.45, 2.75) is 32.3 Å². The van der Waals surface area contributed by atoms with Gasteiger partial charge in [0.25, 0.3) is 0 Å². The minimum Gasteiger partial charge on any atom is -0.478 e. The Balaban J connectivity index is 2.16. The van der Waals surface area contributed by atoms with Gasteiger partial charge in [0.15, 0.2) is 0 Å². The van der Waals surface area contributed by atoms with Crippen LogP contribution in [0.4, 0.5) is 5.69 Å². The quantitative estimate of drug-likeness (QED) is 0.867. The fourth-order valence-corrected chi connectivity index (χ4v) is 2.57. The Morgan fingerprint density at radius 1 is 1.30 bits per heavy atom. The van der Waals surface area contributed by atoms with Crippen LogP contribution in [0.1, 0.15) is 41.6 Å². The number of anilines is 1. The van der Waals surface area contributed by atoms with E-state index in [1.807, 2.05) is 0 Å². The number of carbonyl (C=O) groups excluding carboxylic acids is 1. The first-order chi connectivity index (χ1) is 9.60. The second-order valence-electron chi connectivity index (χ2n) is 5.13. The molecule has 108 valence electrons. The topological polar surface area (TPSA) is 75.6 Å². The summed E-state index contributed by atoms with van der Waals surface area (Å²) in [4.78, 5) is 23.2. The number of ether oxygens (including phenoxy) is 1. The Bertz CT molecular complexity index is 507. The van der Waals surface area contributed by atoms with Gasteiger partial charge in [0.2, 0.25) is 5.91 Å². The van der Waals surface area contributed by atoms with Crippen molar-refractivity contribution in [1.82, 2.24) is 0 Å². The lowest BCUT2D eigenvalue weighted by atomic mass is 10.1. The number of carboxylic acid groups (broad SMARTS) is 1. The molecular weight excluding hydrogens is 258 g/mol. The molecule has 20 heavy (non-hydrogen) atoms. The van der Waals surface area contributed by atoms with E-state index in [1.165, 1.54) is 6.07 Å². The summed E-state index contributed by atoms with van der Waals surface area (Å²) < 4.78 is 5.02. The van der Waals surface area contributed by atoms with Crippen LogP contribution in [0.3, 0.4) is 0 Å². The van der Waals surface area contributed by atoms with E-state index in [9.17, 15) is 9.59 Å². The van der Waals surface area contributed by atoms with Crippen LogP contribution in [-0.4, -0.2) is 24.1 Å². The lowest BCUT2D eigenvalue weighted by molar-refractivity contribution is -0.119. The highest BCUT2D eigenvalue weighted by molar-refractivity contribution is 5.95. The lowest BCUT2D eigenvalue weighted by Crippen LogP contribution is -2.20. The molecule has 1 fully saturated rings. The Morgan fingerprint density at radius 3 is 2.60 bits per heavy atom. The molecule has 0 aromatic heterocycles. The number of carboxylic acids is 1. The standard InChI is InChI=1S/C15H19NO4/c1-20-9-10-6-12(15(18)19)8-13(7-10)16-14(17)11-4-2-3-5-11/h6-8,11H,2-5,9H2,1H3,(H,16,17)(H,18,19). The molecule has 1 aliphatic rings. The molecule has 0 bridgehead atoms. The molecular formula is C15H19NO4. The molecule has 2 N–H and O–H groups in total. The van der Waals surface area contributed by atoms with Gasteiger partial charge in [-0.3, -0.25) is 4.79 Å². The average Bonchev–Trinajstić information content (AvgIpc) is 2.92. The maximum absolute atomic E-state index is 12.1. The Hall–Kier alpha value is -1.88. The van der Waals surface area contributed by atoms with E-state index < -0.39 is 5.97 Å². The van der Waals surface area contributed by atoms with Crippen LogP contribution in [0.2, 0.25) is 0 Å². The van der Waals surface area contributed by atoms with Crippen molar-refractivity contribution in [3.05, 3.63) is 29.3 Å². The lowest BCUT2D eigenvalue weighted by Gasteiger charge is -2.12. The van der Waals surface area contributed by atoms with Gasteiger partial charge in [0, 0.05) is 18.7 Å². The predicted octanol–water partition coefficient (Wildman–Crippen LogP) is 2.66. The van der Waals surface area contributed by atoms with Crippen LogP contribution in [0.15, 0.2) is 18.2 Å². The van der Waals surface area contributed by atoms with Crippen molar-refractivity contribution >= 4 is 17.6 Å². The first kappa shape index (κ1) is 14.5. The van der Waals surface area contributed by atoms with Gasteiger partial charge in [0.1, 0.15) is 0 Å². The van der Waals surface area contributed by atoms with Crippen molar-refractivity contribution in [1.29, 1.82) is 0 Å². The van der Waals surface area contributed by atoms with Gasteiger partial charge in [-0.25, -0.2) is 4.79 Å². The molecule has 0 aliphatic heterocycles. The van der Waals surface area contributed by atoms with Gasteiger partial charge in [-0.05, 0) is 36.6 Å². The largest absolute Gasteiger partial charge is 0.478 e. The molecule has 2 rings (SSSR count). The second kappa shape index (κ2) is 6.52. The summed E-state index contributed by atoms with van der Waals surface area (Å²) in [6.07, 6.45) is 4.00. The molecule has 1 saturated carbocycles. The van der Waals surface area contributed by atoms with Gasteiger partial charge >= 0.3 is 5.97 Å². The third kappa shape index (κ3) is 3.57. The SMILES string of the molecule is COCc1cc(NC(=O)C2CCCC2)cc(C(=O)O)c1. The maximum atomic E-state index is 12.1. The summed E-state index contributed by atoms with van der Waals surface area (Å²) in [7, 11) is 1.55. The normalized spacial score (nSPS) is 15.2. The molecule has 1 aromatic rings. The summed E-state index contributed by atoms with van der Waals surface area (Å²) >= 11 is 0. The molecule has 5 nitrogen and oxygen atoms in total. The van der Waals surface area contributed by atoms with E-state index in [2.05, 4.69) is 5.32 Å². The van der Waals surface area contributed by atoms with Crippen LogP contribution in [0.5, 0.6) is 0 Å². The minimum atomic E-state index is -1.01.